The molecule has 0 bridgehead atoms. The van der Waals surface area contributed by atoms with Crippen molar-refractivity contribution < 1.29 is 9.21 Å². The van der Waals surface area contributed by atoms with Gasteiger partial charge in [-0.15, -0.1) is 0 Å². The third-order valence-electron chi connectivity index (χ3n) is 3.17. The van der Waals surface area contributed by atoms with Gasteiger partial charge < -0.3 is 9.73 Å². The molecule has 1 amide bonds. The van der Waals surface area contributed by atoms with Gasteiger partial charge in [-0.2, -0.15) is 0 Å². The van der Waals surface area contributed by atoms with E-state index in [2.05, 4.69) is 21.2 Å². The zero-order valence-electron chi connectivity index (χ0n) is 12.2. The SMILES string of the molecule is Cc1ccc(/C=C2/SC(=S)N(CNc3cccc(Br)c3)C2=O)o1. The number of nitrogens with one attached hydrogen (secondary N) is 1. The van der Waals surface area contributed by atoms with Gasteiger partial charge >= 0.3 is 0 Å². The summed E-state index contributed by atoms with van der Waals surface area (Å²) in [5.41, 5.74) is 0.916. The molecule has 1 aliphatic heterocycles. The van der Waals surface area contributed by atoms with Crippen LogP contribution in [0.5, 0.6) is 0 Å². The van der Waals surface area contributed by atoms with E-state index in [4.69, 9.17) is 16.6 Å². The maximum absolute atomic E-state index is 12.5. The molecule has 0 spiro atoms. The van der Waals surface area contributed by atoms with Crippen LogP contribution < -0.4 is 5.32 Å². The maximum atomic E-state index is 12.5. The summed E-state index contributed by atoms with van der Waals surface area (Å²) >= 11 is 10.0. The van der Waals surface area contributed by atoms with Crippen LogP contribution in [0.2, 0.25) is 0 Å². The van der Waals surface area contributed by atoms with Crippen molar-refractivity contribution in [3.05, 3.63) is 57.3 Å². The Morgan fingerprint density at radius 3 is 2.91 bits per heavy atom. The molecule has 0 aliphatic carbocycles. The molecule has 1 saturated heterocycles. The van der Waals surface area contributed by atoms with Gasteiger partial charge in [0.2, 0.25) is 0 Å². The number of amides is 1. The highest BCUT2D eigenvalue weighted by Crippen LogP contribution is 2.32. The first kappa shape index (κ1) is 16.3. The van der Waals surface area contributed by atoms with Crippen LogP contribution in [-0.4, -0.2) is 21.8 Å². The molecule has 0 saturated carbocycles. The molecule has 0 atom stereocenters. The van der Waals surface area contributed by atoms with Gasteiger partial charge in [-0.25, -0.2) is 0 Å². The minimum Gasteiger partial charge on any atom is -0.462 e. The molecule has 0 radical (unpaired) electrons. The normalized spacial score (nSPS) is 16.4. The lowest BCUT2D eigenvalue weighted by atomic mass is 10.3. The highest BCUT2D eigenvalue weighted by atomic mass is 79.9. The third-order valence-corrected chi connectivity index (χ3v) is 5.05. The van der Waals surface area contributed by atoms with E-state index in [9.17, 15) is 4.79 Å². The van der Waals surface area contributed by atoms with E-state index in [1.54, 1.807) is 11.0 Å². The fourth-order valence-corrected chi connectivity index (χ4v) is 3.70. The molecule has 1 aliphatic rings. The molecule has 1 fully saturated rings. The molecule has 7 heteroatoms. The smallest absolute Gasteiger partial charge is 0.267 e. The van der Waals surface area contributed by atoms with Crippen LogP contribution in [0, 0.1) is 6.92 Å². The second-order valence-corrected chi connectivity index (χ2v) is 7.49. The van der Waals surface area contributed by atoms with Crippen molar-refractivity contribution in [3.63, 3.8) is 0 Å². The number of benzene rings is 1. The predicted molar refractivity (Wildman–Crippen MR) is 101 cm³/mol. The van der Waals surface area contributed by atoms with Crippen LogP contribution in [0.15, 0.2) is 50.2 Å². The average molecular weight is 409 g/mol. The van der Waals surface area contributed by atoms with E-state index >= 15 is 0 Å². The van der Waals surface area contributed by atoms with Crippen LogP contribution in [0.4, 0.5) is 5.69 Å². The molecule has 1 N–H and O–H groups in total. The van der Waals surface area contributed by atoms with E-state index in [0.29, 0.717) is 21.7 Å². The summed E-state index contributed by atoms with van der Waals surface area (Å²) < 4.78 is 6.99. The molecule has 1 aromatic heterocycles. The minimum atomic E-state index is -0.114. The summed E-state index contributed by atoms with van der Waals surface area (Å²) in [6, 6.07) is 11.4. The second kappa shape index (κ2) is 6.90. The van der Waals surface area contributed by atoms with Gasteiger partial charge in [0.05, 0.1) is 11.6 Å². The van der Waals surface area contributed by atoms with Crippen molar-refractivity contribution in [1.29, 1.82) is 0 Å². The largest absolute Gasteiger partial charge is 0.462 e. The third kappa shape index (κ3) is 3.85. The molecule has 2 aromatic rings. The lowest BCUT2D eigenvalue weighted by Gasteiger charge is -2.16. The number of aryl methyl sites for hydroxylation is 1. The highest BCUT2D eigenvalue weighted by Gasteiger charge is 2.32. The second-order valence-electron chi connectivity index (χ2n) is 4.90. The summed E-state index contributed by atoms with van der Waals surface area (Å²) in [6.45, 7) is 2.19. The van der Waals surface area contributed by atoms with Crippen LogP contribution in [0.3, 0.4) is 0 Å². The number of furan rings is 1. The first-order chi connectivity index (χ1) is 11.0. The monoisotopic (exact) mass is 408 g/mol. The number of carbonyl (C=O) groups is 1. The Labute approximate surface area is 152 Å². The molecule has 3 rings (SSSR count). The summed E-state index contributed by atoms with van der Waals surface area (Å²) in [6.07, 6.45) is 1.73. The maximum Gasteiger partial charge on any atom is 0.267 e. The Kier molecular flexibility index (Phi) is 4.89. The predicted octanol–water partition coefficient (Wildman–Crippen LogP) is 4.62. The van der Waals surface area contributed by atoms with Crippen LogP contribution in [0.25, 0.3) is 6.08 Å². The molecule has 23 heavy (non-hydrogen) atoms. The number of halogens is 1. The van der Waals surface area contributed by atoms with Gasteiger partial charge in [0, 0.05) is 16.2 Å². The molecule has 118 valence electrons. The first-order valence-corrected chi connectivity index (χ1v) is 8.86. The number of thioether (sulfide) groups is 1. The minimum absolute atomic E-state index is 0.114. The number of anilines is 1. The topological polar surface area (TPSA) is 45.5 Å². The van der Waals surface area contributed by atoms with Crippen molar-refractivity contribution in [2.75, 3.05) is 12.0 Å². The molecular weight excluding hydrogens is 396 g/mol. The zero-order valence-corrected chi connectivity index (χ0v) is 15.4. The van der Waals surface area contributed by atoms with Crippen LogP contribution in [-0.2, 0) is 4.79 Å². The molecule has 1 aromatic carbocycles. The van der Waals surface area contributed by atoms with Crippen molar-refractivity contribution in [3.8, 4) is 0 Å². The molecular formula is C16H13BrN2O2S2. The van der Waals surface area contributed by atoms with Crippen LogP contribution in [0.1, 0.15) is 11.5 Å². The summed E-state index contributed by atoms with van der Waals surface area (Å²) in [5, 5.41) is 3.20. The molecule has 2 heterocycles. The number of carbonyl (C=O) groups excluding carboxylic acids is 1. The quantitative estimate of drug-likeness (QED) is 0.590. The van der Waals surface area contributed by atoms with Crippen molar-refractivity contribution >= 4 is 61.9 Å². The Hall–Kier alpha value is -1.57. The van der Waals surface area contributed by atoms with Gasteiger partial charge in [0.1, 0.15) is 15.8 Å². The molecule has 0 unspecified atom stereocenters. The standard InChI is InChI=1S/C16H13BrN2O2S2/c1-10-5-6-13(21-10)8-14-15(20)19(16(22)23-14)9-18-12-4-2-3-11(17)7-12/h2-8,18H,9H2,1H3/b14-8+. The fraction of sp³-hybridized carbons (Fsp3) is 0.125. The van der Waals surface area contributed by atoms with Gasteiger partial charge in [-0.1, -0.05) is 46.0 Å². The van der Waals surface area contributed by atoms with Crippen molar-refractivity contribution in [1.82, 2.24) is 4.90 Å². The molecule has 4 nitrogen and oxygen atoms in total. The van der Waals surface area contributed by atoms with Gasteiger partial charge in [0.15, 0.2) is 0 Å². The highest BCUT2D eigenvalue weighted by molar-refractivity contribution is 9.10. The Morgan fingerprint density at radius 2 is 2.22 bits per heavy atom. The average Bonchev–Trinajstić information content (AvgIpc) is 3.02. The number of hydrogen-bond donors (Lipinski definition) is 1. The van der Waals surface area contributed by atoms with Gasteiger partial charge in [-0.3, -0.25) is 9.69 Å². The zero-order chi connectivity index (χ0) is 16.4. The fourth-order valence-electron chi connectivity index (χ4n) is 2.07. The van der Waals surface area contributed by atoms with Crippen molar-refractivity contribution in [2.45, 2.75) is 6.92 Å². The Bertz CT molecular complexity index is 801. The van der Waals surface area contributed by atoms with E-state index in [0.717, 1.165) is 15.9 Å². The van der Waals surface area contributed by atoms with Crippen molar-refractivity contribution in [2.24, 2.45) is 0 Å². The Morgan fingerprint density at radius 1 is 1.39 bits per heavy atom. The number of hydrogen-bond acceptors (Lipinski definition) is 5. The summed E-state index contributed by atoms with van der Waals surface area (Å²) in [7, 11) is 0. The lowest BCUT2D eigenvalue weighted by molar-refractivity contribution is -0.121. The summed E-state index contributed by atoms with van der Waals surface area (Å²) in [5.74, 6) is 1.35. The van der Waals surface area contributed by atoms with Gasteiger partial charge in [0.25, 0.3) is 5.91 Å². The van der Waals surface area contributed by atoms with Gasteiger partial charge in [-0.05, 0) is 37.3 Å². The number of nitrogens with zero attached hydrogens (tertiary/aromatic N) is 1. The summed E-state index contributed by atoms with van der Waals surface area (Å²) in [4.78, 5) is 14.6. The van der Waals surface area contributed by atoms with E-state index in [1.165, 1.54) is 11.8 Å². The van der Waals surface area contributed by atoms with E-state index in [1.807, 2.05) is 43.3 Å². The lowest BCUT2D eigenvalue weighted by Crippen LogP contribution is -2.33. The van der Waals surface area contributed by atoms with E-state index < -0.39 is 0 Å². The number of thiocarbonyl (C=S) groups is 1. The first-order valence-electron chi connectivity index (χ1n) is 6.84. The Balaban J connectivity index is 1.70. The van der Waals surface area contributed by atoms with Crippen LogP contribution >= 0.6 is 39.9 Å². The van der Waals surface area contributed by atoms with E-state index in [-0.39, 0.29) is 5.91 Å². The number of rotatable bonds is 4.